The second-order valence-electron chi connectivity index (χ2n) is 6.26. The Morgan fingerprint density at radius 2 is 1.58 bits per heavy atom. The zero-order chi connectivity index (χ0) is 18.4. The lowest BCUT2D eigenvalue weighted by atomic mass is 9.94. The van der Waals surface area contributed by atoms with Crippen molar-refractivity contribution in [3.05, 3.63) is 65.7 Å². The van der Waals surface area contributed by atoms with Crippen molar-refractivity contribution >= 4 is 29.9 Å². The van der Waals surface area contributed by atoms with Crippen LogP contribution < -0.4 is 16.4 Å². The molecule has 0 aliphatic heterocycles. The topological polar surface area (TPSA) is 84.2 Å². The molecule has 140 valence electrons. The maximum absolute atomic E-state index is 12.5. The van der Waals surface area contributed by atoms with Gasteiger partial charge in [-0.1, -0.05) is 49.4 Å². The summed E-state index contributed by atoms with van der Waals surface area (Å²) in [7, 11) is 0. The number of nitrogens with one attached hydrogen (secondary N) is 2. The molecule has 4 N–H and O–H groups in total. The van der Waals surface area contributed by atoms with Crippen LogP contribution in [0.3, 0.4) is 0 Å². The zero-order valence-electron chi connectivity index (χ0n) is 15.2. The minimum atomic E-state index is -0.362. The molecule has 3 unspecified atom stereocenters. The fourth-order valence-electron chi connectivity index (χ4n) is 2.64. The summed E-state index contributed by atoms with van der Waals surface area (Å²) in [6.45, 7) is 5.20. The Morgan fingerprint density at radius 1 is 0.962 bits per heavy atom. The fourth-order valence-corrected chi connectivity index (χ4v) is 2.64. The molecule has 2 aromatic rings. The van der Waals surface area contributed by atoms with Gasteiger partial charge in [-0.25, -0.2) is 0 Å². The predicted octanol–water partition coefficient (Wildman–Crippen LogP) is 3.58. The molecular weight excluding hydrogens is 350 g/mol. The Morgan fingerprint density at radius 3 is 2.19 bits per heavy atom. The Hall–Kier alpha value is -2.37. The van der Waals surface area contributed by atoms with Crippen LogP contribution in [0.5, 0.6) is 0 Å². The zero-order valence-corrected chi connectivity index (χ0v) is 16.0. The second kappa shape index (κ2) is 9.94. The normalized spacial score (nSPS) is 13.7. The largest absolute Gasteiger partial charge is 0.349 e. The number of halogens is 1. The number of hydrogen-bond acceptors (Lipinski definition) is 3. The van der Waals surface area contributed by atoms with E-state index in [1.165, 1.54) is 6.92 Å². The Balaban J connectivity index is 0.00000338. The van der Waals surface area contributed by atoms with E-state index in [1.807, 2.05) is 68.4 Å². The van der Waals surface area contributed by atoms with Crippen molar-refractivity contribution in [2.75, 3.05) is 5.32 Å². The van der Waals surface area contributed by atoms with Gasteiger partial charge in [0, 0.05) is 18.7 Å². The van der Waals surface area contributed by atoms with E-state index in [1.54, 1.807) is 0 Å². The third kappa shape index (κ3) is 5.86. The molecule has 0 aromatic heterocycles. The molecule has 0 aliphatic carbocycles. The quantitative estimate of drug-likeness (QED) is 0.721. The maximum Gasteiger partial charge on any atom is 0.225 e. The van der Waals surface area contributed by atoms with Gasteiger partial charge < -0.3 is 16.4 Å². The van der Waals surface area contributed by atoms with Crippen molar-refractivity contribution in [2.45, 2.75) is 32.9 Å². The first-order valence-electron chi connectivity index (χ1n) is 8.37. The van der Waals surface area contributed by atoms with Gasteiger partial charge in [0.15, 0.2) is 0 Å². The molecule has 2 aromatic carbocycles. The fraction of sp³-hybridized carbons (Fsp3) is 0.300. The third-order valence-electron chi connectivity index (χ3n) is 4.20. The van der Waals surface area contributed by atoms with Crippen LogP contribution in [-0.4, -0.2) is 11.8 Å². The summed E-state index contributed by atoms with van der Waals surface area (Å²) in [6.07, 6.45) is 0. The standard InChI is InChI=1S/C20H25N3O2.ClH/c1-13(19(21)16-8-5-4-6-9-16)20(25)22-14(2)17-10-7-11-18(12-17)23-15(3)24;/h4-14,19H,21H2,1-3H3,(H,22,25)(H,23,24);1H. The monoisotopic (exact) mass is 375 g/mol. The van der Waals surface area contributed by atoms with Crippen LogP contribution in [0.4, 0.5) is 5.69 Å². The van der Waals surface area contributed by atoms with Crippen molar-refractivity contribution < 1.29 is 9.59 Å². The highest BCUT2D eigenvalue weighted by Crippen LogP contribution is 2.22. The number of carbonyl (C=O) groups excluding carboxylic acids is 2. The molecule has 0 saturated carbocycles. The number of anilines is 1. The first kappa shape index (κ1) is 21.7. The van der Waals surface area contributed by atoms with Crippen molar-refractivity contribution in [1.29, 1.82) is 0 Å². The Bertz CT molecular complexity index is 737. The Labute approximate surface area is 160 Å². The van der Waals surface area contributed by atoms with Crippen LogP contribution in [0.15, 0.2) is 54.6 Å². The van der Waals surface area contributed by atoms with E-state index < -0.39 is 0 Å². The van der Waals surface area contributed by atoms with Gasteiger partial charge in [-0.3, -0.25) is 9.59 Å². The molecular formula is C20H26ClN3O2. The highest BCUT2D eigenvalue weighted by atomic mass is 35.5. The maximum atomic E-state index is 12.5. The molecule has 0 bridgehead atoms. The van der Waals surface area contributed by atoms with Crippen LogP contribution in [0.2, 0.25) is 0 Å². The van der Waals surface area contributed by atoms with Gasteiger partial charge in [0.05, 0.1) is 12.0 Å². The summed E-state index contributed by atoms with van der Waals surface area (Å²) in [5, 5.41) is 5.74. The summed E-state index contributed by atoms with van der Waals surface area (Å²) in [6, 6.07) is 16.5. The van der Waals surface area contributed by atoms with E-state index in [-0.39, 0.29) is 42.2 Å². The SMILES string of the molecule is CC(=O)Nc1cccc(C(C)NC(=O)C(C)C(N)c2ccccc2)c1.Cl. The molecule has 0 radical (unpaired) electrons. The van der Waals surface area contributed by atoms with Gasteiger partial charge in [-0.15, -0.1) is 12.4 Å². The average Bonchev–Trinajstić information content (AvgIpc) is 2.60. The van der Waals surface area contributed by atoms with E-state index in [0.717, 1.165) is 11.1 Å². The number of nitrogens with two attached hydrogens (primary N) is 1. The van der Waals surface area contributed by atoms with Gasteiger partial charge >= 0.3 is 0 Å². The van der Waals surface area contributed by atoms with Gasteiger partial charge in [0.1, 0.15) is 0 Å². The first-order chi connectivity index (χ1) is 11.9. The molecule has 0 saturated heterocycles. The molecule has 26 heavy (non-hydrogen) atoms. The third-order valence-corrected chi connectivity index (χ3v) is 4.20. The summed E-state index contributed by atoms with van der Waals surface area (Å²) in [5.41, 5.74) is 8.79. The predicted molar refractivity (Wildman–Crippen MR) is 107 cm³/mol. The molecule has 0 fully saturated rings. The number of rotatable bonds is 6. The number of carbonyl (C=O) groups is 2. The summed E-state index contributed by atoms with van der Waals surface area (Å²) in [5.74, 6) is -0.589. The molecule has 0 heterocycles. The molecule has 2 rings (SSSR count). The van der Waals surface area contributed by atoms with Gasteiger partial charge in [-0.2, -0.15) is 0 Å². The van der Waals surface area contributed by atoms with E-state index in [0.29, 0.717) is 5.69 Å². The molecule has 0 aliphatic rings. The minimum Gasteiger partial charge on any atom is -0.349 e. The van der Waals surface area contributed by atoms with Crippen molar-refractivity contribution in [2.24, 2.45) is 11.7 Å². The smallest absolute Gasteiger partial charge is 0.225 e. The second-order valence-corrected chi connectivity index (χ2v) is 6.26. The Kier molecular flexibility index (Phi) is 8.29. The lowest BCUT2D eigenvalue weighted by Gasteiger charge is -2.23. The van der Waals surface area contributed by atoms with Crippen LogP contribution >= 0.6 is 12.4 Å². The van der Waals surface area contributed by atoms with E-state index in [4.69, 9.17) is 5.73 Å². The summed E-state index contributed by atoms with van der Waals surface area (Å²) < 4.78 is 0. The summed E-state index contributed by atoms with van der Waals surface area (Å²) >= 11 is 0. The van der Waals surface area contributed by atoms with Gasteiger partial charge in [0.25, 0.3) is 0 Å². The van der Waals surface area contributed by atoms with Crippen LogP contribution in [0.1, 0.15) is 44.0 Å². The average molecular weight is 376 g/mol. The lowest BCUT2D eigenvalue weighted by Crippen LogP contribution is -2.36. The molecule has 3 atom stereocenters. The molecule has 5 nitrogen and oxygen atoms in total. The van der Waals surface area contributed by atoms with Crippen molar-refractivity contribution in [3.8, 4) is 0 Å². The first-order valence-corrected chi connectivity index (χ1v) is 8.37. The number of hydrogen-bond donors (Lipinski definition) is 3. The van der Waals surface area contributed by atoms with Crippen LogP contribution in [0.25, 0.3) is 0 Å². The highest BCUT2D eigenvalue weighted by Gasteiger charge is 2.23. The van der Waals surface area contributed by atoms with Crippen LogP contribution in [0, 0.1) is 5.92 Å². The van der Waals surface area contributed by atoms with E-state index >= 15 is 0 Å². The molecule has 0 spiro atoms. The summed E-state index contributed by atoms with van der Waals surface area (Å²) in [4.78, 5) is 23.7. The highest BCUT2D eigenvalue weighted by molar-refractivity contribution is 5.88. The van der Waals surface area contributed by atoms with E-state index in [2.05, 4.69) is 10.6 Å². The van der Waals surface area contributed by atoms with E-state index in [9.17, 15) is 9.59 Å². The molecule has 2 amide bonds. The minimum absolute atomic E-state index is 0. The van der Waals surface area contributed by atoms with Gasteiger partial charge in [0.2, 0.25) is 11.8 Å². The lowest BCUT2D eigenvalue weighted by molar-refractivity contribution is -0.125. The van der Waals surface area contributed by atoms with Crippen molar-refractivity contribution in [3.63, 3.8) is 0 Å². The molecule has 6 heteroatoms. The van der Waals surface area contributed by atoms with Crippen molar-refractivity contribution in [1.82, 2.24) is 5.32 Å². The number of amides is 2. The van der Waals surface area contributed by atoms with Gasteiger partial charge in [-0.05, 0) is 30.2 Å². The van der Waals surface area contributed by atoms with Crippen LogP contribution in [-0.2, 0) is 9.59 Å². The number of benzene rings is 2.